The summed E-state index contributed by atoms with van der Waals surface area (Å²) in [4.78, 5) is 2.66. The maximum Gasteiger partial charge on any atom is 0.0150 e. The number of hydrogen-bond donors (Lipinski definition) is 1. The van der Waals surface area contributed by atoms with E-state index in [0.29, 0.717) is 11.6 Å². The number of nitrogens with zero attached hydrogens (tertiary/aromatic N) is 1. The van der Waals surface area contributed by atoms with E-state index in [9.17, 15) is 0 Å². The lowest BCUT2D eigenvalue weighted by molar-refractivity contribution is 0.101. The predicted octanol–water partition coefficient (Wildman–Crippen LogP) is 2.25. The molecule has 1 atom stereocenters. The molecule has 1 rings (SSSR count). The predicted molar refractivity (Wildman–Crippen MR) is 62.6 cm³/mol. The summed E-state index contributed by atoms with van der Waals surface area (Å²) in [6.45, 7) is 13.0. The molecule has 0 aromatic rings. The van der Waals surface area contributed by atoms with E-state index in [0.717, 1.165) is 0 Å². The largest absolute Gasteiger partial charge is 0.314 e. The molecule has 2 nitrogen and oxygen atoms in total. The fraction of sp³-hybridized carbons (Fsp3) is 1.00. The van der Waals surface area contributed by atoms with Crippen molar-refractivity contribution in [1.29, 1.82) is 0 Å². The van der Waals surface area contributed by atoms with Crippen molar-refractivity contribution in [2.24, 2.45) is 0 Å². The molecule has 1 aliphatic rings. The molecule has 0 saturated carbocycles. The standard InChI is InChI=1S/C12H26N2/c1-5-12(3,4)14-9-6-8-13-11(2)7-10-14/h11,13H,5-10H2,1-4H3. The van der Waals surface area contributed by atoms with Crippen LogP contribution in [0.25, 0.3) is 0 Å². The van der Waals surface area contributed by atoms with Crippen molar-refractivity contribution in [1.82, 2.24) is 10.2 Å². The monoisotopic (exact) mass is 198 g/mol. The first-order valence-electron chi connectivity index (χ1n) is 6.04. The molecule has 1 unspecified atom stereocenters. The van der Waals surface area contributed by atoms with Crippen molar-refractivity contribution < 1.29 is 0 Å². The minimum atomic E-state index is 0.386. The molecule has 0 spiro atoms. The lowest BCUT2D eigenvalue weighted by Crippen LogP contribution is -2.48. The Hall–Kier alpha value is -0.0800. The van der Waals surface area contributed by atoms with Crippen molar-refractivity contribution in [3.8, 4) is 0 Å². The van der Waals surface area contributed by atoms with Gasteiger partial charge >= 0.3 is 0 Å². The average molecular weight is 198 g/mol. The highest BCUT2D eigenvalue weighted by molar-refractivity contribution is 4.82. The number of hydrogen-bond acceptors (Lipinski definition) is 2. The fourth-order valence-electron chi connectivity index (χ4n) is 2.01. The molecule has 1 heterocycles. The van der Waals surface area contributed by atoms with Gasteiger partial charge in [-0.2, -0.15) is 0 Å². The Bertz CT molecular complexity index is 166. The van der Waals surface area contributed by atoms with Gasteiger partial charge in [0, 0.05) is 18.1 Å². The van der Waals surface area contributed by atoms with Crippen molar-refractivity contribution in [3.05, 3.63) is 0 Å². The Labute approximate surface area is 89.1 Å². The second-order valence-corrected chi connectivity index (χ2v) is 5.15. The molecular weight excluding hydrogens is 172 g/mol. The van der Waals surface area contributed by atoms with Gasteiger partial charge in [-0.15, -0.1) is 0 Å². The lowest BCUT2D eigenvalue weighted by atomic mass is 9.97. The van der Waals surface area contributed by atoms with Crippen LogP contribution in [-0.4, -0.2) is 36.1 Å². The molecule has 1 fully saturated rings. The molecule has 1 N–H and O–H groups in total. The van der Waals surface area contributed by atoms with Crippen LogP contribution in [0, 0.1) is 0 Å². The van der Waals surface area contributed by atoms with E-state index in [2.05, 4.69) is 37.9 Å². The molecule has 0 aromatic heterocycles. The van der Waals surface area contributed by atoms with Crippen LogP contribution < -0.4 is 5.32 Å². The molecule has 14 heavy (non-hydrogen) atoms. The van der Waals surface area contributed by atoms with E-state index in [1.807, 2.05) is 0 Å². The maximum atomic E-state index is 3.55. The van der Waals surface area contributed by atoms with Gasteiger partial charge in [-0.25, -0.2) is 0 Å². The Kier molecular flexibility index (Phi) is 4.39. The Balaban J connectivity index is 2.50. The second kappa shape index (κ2) is 5.13. The molecule has 0 bridgehead atoms. The third-order valence-corrected chi connectivity index (χ3v) is 3.65. The van der Waals surface area contributed by atoms with E-state index in [4.69, 9.17) is 0 Å². The zero-order valence-corrected chi connectivity index (χ0v) is 10.3. The molecular formula is C12H26N2. The van der Waals surface area contributed by atoms with Gasteiger partial charge in [-0.1, -0.05) is 6.92 Å². The zero-order chi connectivity index (χ0) is 10.6. The van der Waals surface area contributed by atoms with Gasteiger partial charge in [0.15, 0.2) is 0 Å². The van der Waals surface area contributed by atoms with E-state index in [1.54, 1.807) is 0 Å². The highest BCUT2D eigenvalue weighted by Crippen LogP contribution is 2.20. The molecule has 2 heteroatoms. The molecule has 0 amide bonds. The summed E-state index contributed by atoms with van der Waals surface area (Å²) in [7, 11) is 0. The highest BCUT2D eigenvalue weighted by atomic mass is 15.2. The van der Waals surface area contributed by atoms with E-state index < -0.39 is 0 Å². The summed E-state index contributed by atoms with van der Waals surface area (Å²) in [5, 5.41) is 3.55. The van der Waals surface area contributed by atoms with Crippen LogP contribution in [0.4, 0.5) is 0 Å². The van der Waals surface area contributed by atoms with Crippen molar-refractivity contribution in [3.63, 3.8) is 0 Å². The van der Waals surface area contributed by atoms with E-state index in [-0.39, 0.29) is 0 Å². The first-order valence-corrected chi connectivity index (χ1v) is 6.04. The van der Waals surface area contributed by atoms with Gasteiger partial charge in [-0.05, 0) is 53.1 Å². The topological polar surface area (TPSA) is 15.3 Å². The summed E-state index contributed by atoms with van der Waals surface area (Å²) >= 11 is 0. The van der Waals surface area contributed by atoms with Gasteiger partial charge in [0.25, 0.3) is 0 Å². The van der Waals surface area contributed by atoms with Gasteiger partial charge < -0.3 is 5.32 Å². The number of nitrogens with one attached hydrogen (secondary N) is 1. The summed E-state index contributed by atoms with van der Waals surface area (Å²) < 4.78 is 0. The van der Waals surface area contributed by atoms with Crippen LogP contribution in [0.15, 0.2) is 0 Å². The Morgan fingerprint density at radius 3 is 2.71 bits per heavy atom. The molecule has 0 aromatic carbocycles. The first kappa shape index (κ1) is 12.0. The van der Waals surface area contributed by atoms with Crippen LogP contribution >= 0.6 is 0 Å². The SMILES string of the molecule is CCC(C)(C)N1CCCNC(C)CC1. The van der Waals surface area contributed by atoms with Crippen LogP contribution in [-0.2, 0) is 0 Å². The highest BCUT2D eigenvalue weighted by Gasteiger charge is 2.25. The van der Waals surface area contributed by atoms with Crippen LogP contribution in [0.5, 0.6) is 0 Å². The van der Waals surface area contributed by atoms with Crippen molar-refractivity contribution >= 4 is 0 Å². The van der Waals surface area contributed by atoms with Gasteiger partial charge in [0.05, 0.1) is 0 Å². The normalized spacial score (nSPS) is 27.0. The minimum absolute atomic E-state index is 0.386. The maximum absolute atomic E-state index is 3.55. The van der Waals surface area contributed by atoms with Crippen LogP contribution in [0.3, 0.4) is 0 Å². The van der Waals surface area contributed by atoms with Crippen molar-refractivity contribution in [2.45, 2.75) is 58.5 Å². The summed E-state index contributed by atoms with van der Waals surface area (Å²) in [5.41, 5.74) is 0.386. The summed E-state index contributed by atoms with van der Waals surface area (Å²) in [5.74, 6) is 0. The Morgan fingerprint density at radius 2 is 2.07 bits per heavy atom. The fourth-order valence-corrected chi connectivity index (χ4v) is 2.01. The van der Waals surface area contributed by atoms with Gasteiger partial charge in [0.2, 0.25) is 0 Å². The zero-order valence-electron chi connectivity index (χ0n) is 10.3. The Morgan fingerprint density at radius 1 is 1.36 bits per heavy atom. The van der Waals surface area contributed by atoms with Gasteiger partial charge in [-0.3, -0.25) is 4.90 Å². The van der Waals surface area contributed by atoms with Crippen molar-refractivity contribution in [2.75, 3.05) is 19.6 Å². The molecule has 0 radical (unpaired) electrons. The van der Waals surface area contributed by atoms with Crippen LogP contribution in [0.2, 0.25) is 0 Å². The van der Waals surface area contributed by atoms with Gasteiger partial charge in [0.1, 0.15) is 0 Å². The van der Waals surface area contributed by atoms with E-state index in [1.165, 1.54) is 38.9 Å². The summed E-state index contributed by atoms with van der Waals surface area (Å²) in [6.07, 6.45) is 3.81. The third-order valence-electron chi connectivity index (χ3n) is 3.65. The average Bonchev–Trinajstić information content (AvgIpc) is 2.11. The van der Waals surface area contributed by atoms with Crippen LogP contribution in [0.1, 0.15) is 47.0 Å². The molecule has 1 saturated heterocycles. The lowest BCUT2D eigenvalue weighted by Gasteiger charge is -2.40. The number of rotatable bonds is 2. The summed E-state index contributed by atoms with van der Waals surface area (Å²) in [6, 6.07) is 0.686. The minimum Gasteiger partial charge on any atom is -0.314 e. The second-order valence-electron chi connectivity index (χ2n) is 5.15. The molecule has 84 valence electrons. The molecule has 0 aliphatic carbocycles. The first-order chi connectivity index (χ1) is 6.56. The molecule has 1 aliphatic heterocycles. The smallest absolute Gasteiger partial charge is 0.0150 e. The van der Waals surface area contributed by atoms with E-state index >= 15 is 0 Å². The quantitative estimate of drug-likeness (QED) is 0.732. The third kappa shape index (κ3) is 3.25.